The number of pyridine rings is 1. The summed E-state index contributed by atoms with van der Waals surface area (Å²) in [5.74, 6) is -0.0406. The molecule has 0 radical (unpaired) electrons. The summed E-state index contributed by atoms with van der Waals surface area (Å²) >= 11 is 0. The van der Waals surface area contributed by atoms with E-state index in [1.807, 2.05) is 45.0 Å². The maximum atomic E-state index is 12.1. The summed E-state index contributed by atoms with van der Waals surface area (Å²) in [5.41, 5.74) is 4.01. The number of carbonyl (C=O) groups is 1. The largest absolute Gasteiger partial charge is 0.352 e. The Labute approximate surface area is 137 Å². The van der Waals surface area contributed by atoms with E-state index in [1.54, 1.807) is 16.7 Å². The standard InChI is InChI=1S/C19H24N2O2/c1-14-9-10-17(13-15(14)2)19(23)20-11-4-5-12-21-16(3)7-6-8-18(21)22/h6-10,13H,4-5,11-12H2,1-3H3,(H,20,23). The van der Waals surface area contributed by atoms with E-state index < -0.39 is 0 Å². The molecule has 0 aliphatic carbocycles. The molecular formula is C19H24N2O2. The molecule has 0 bridgehead atoms. The second-order valence-corrected chi connectivity index (χ2v) is 5.92. The van der Waals surface area contributed by atoms with E-state index in [2.05, 4.69) is 5.32 Å². The van der Waals surface area contributed by atoms with Crippen LogP contribution in [0.5, 0.6) is 0 Å². The van der Waals surface area contributed by atoms with Crippen LogP contribution < -0.4 is 10.9 Å². The number of aryl methyl sites for hydroxylation is 3. The number of hydrogen-bond acceptors (Lipinski definition) is 2. The first-order valence-electron chi connectivity index (χ1n) is 8.01. The summed E-state index contributed by atoms with van der Waals surface area (Å²) in [6.07, 6.45) is 1.70. The third-order valence-corrected chi connectivity index (χ3v) is 4.13. The van der Waals surface area contributed by atoms with Gasteiger partial charge in [0.2, 0.25) is 0 Å². The second kappa shape index (κ2) is 7.77. The van der Waals surface area contributed by atoms with Crippen molar-refractivity contribution in [3.8, 4) is 0 Å². The van der Waals surface area contributed by atoms with E-state index in [0.29, 0.717) is 18.7 Å². The Bertz CT molecular complexity index is 747. The normalized spacial score (nSPS) is 10.6. The van der Waals surface area contributed by atoms with Crippen LogP contribution in [-0.4, -0.2) is 17.0 Å². The summed E-state index contributed by atoms with van der Waals surface area (Å²) < 4.78 is 1.77. The number of carbonyl (C=O) groups excluding carboxylic acids is 1. The molecule has 0 saturated carbocycles. The quantitative estimate of drug-likeness (QED) is 0.834. The average molecular weight is 312 g/mol. The van der Waals surface area contributed by atoms with Crippen molar-refractivity contribution < 1.29 is 4.79 Å². The van der Waals surface area contributed by atoms with Gasteiger partial charge in [-0.2, -0.15) is 0 Å². The molecule has 0 saturated heterocycles. The van der Waals surface area contributed by atoms with Crippen LogP contribution >= 0.6 is 0 Å². The maximum Gasteiger partial charge on any atom is 0.251 e. The molecule has 4 heteroatoms. The highest BCUT2D eigenvalue weighted by Crippen LogP contribution is 2.09. The smallest absolute Gasteiger partial charge is 0.251 e. The van der Waals surface area contributed by atoms with Crippen LogP contribution in [0.4, 0.5) is 0 Å². The summed E-state index contributed by atoms with van der Waals surface area (Å²) in [7, 11) is 0. The number of unbranched alkanes of at least 4 members (excludes halogenated alkanes) is 1. The van der Waals surface area contributed by atoms with E-state index in [-0.39, 0.29) is 11.5 Å². The van der Waals surface area contributed by atoms with Crippen LogP contribution in [0, 0.1) is 20.8 Å². The Morgan fingerprint density at radius 2 is 1.83 bits per heavy atom. The van der Waals surface area contributed by atoms with Gasteiger partial charge in [-0.05, 0) is 62.9 Å². The van der Waals surface area contributed by atoms with Crippen LogP contribution in [0.3, 0.4) is 0 Å². The molecule has 1 N–H and O–H groups in total. The molecule has 0 fully saturated rings. The van der Waals surface area contributed by atoms with Crippen molar-refractivity contribution in [2.24, 2.45) is 0 Å². The van der Waals surface area contributed by atoms with Crippen LogP contribution in [0.25, 0.3) is 0 Å². The summed E-state index contributed by atoms with van der Waals surface area (Å²) in [6, 6.07) is 11.0. The summed E-state index contributed by atoms with van der Waals surface area (Å²) in [6.45, 7) is 7.27. The van der Waals surface area contributed by atoms with E-state index in [1.165, 1.54) is 5.56 Å². The summed E-state index contributed by atoms with van der Waals surface area (Å²) in [5, 5.41) is 2.93. The highest BCUT2D eigenvalue weighted by molar-refractivity contribution is 5.94. The van der Waals surface area contributed by atoms with Gasteiger partial charge in [0, 0.05) is 30.4 Å². The van der Waals surface area contributed by atoms with Crippen molar-refractivity contribution in [3.05, 3.63) is 69.1 Å². The molecule has 4 nitrogen and oxygen atoms in total. The van der Waals surface area contributed by atoms with Crippen molar-refractivity contribution in [3.63, 3.8) is 0 Å². The zero-order chi connectivity index (χ0) is 16.8. The monoisotopic (exact) mass is 312 g/mol. The van der Waals surface area contributed by atoms with Crippen molar-refractivity contribution in [1.29, 1.82) is 0 Å². The third-order valence-electron chi connectivity index (χ3n) is 4.13. The van der Waals surface area contributed by atoms with E-state index in [0.717, 1.165) is 24.1 Å². The zero-order valence-corrected chi connectivity index (χ0v) is 14.1. The fraction of sp³-hybridized carbons (Fsp3) is 0.368. The SMILES string of the molecule is Cc1ccc(C(=O)NCCCCn2c(C)cccc2=O)cc1C. The average Bonchev–Trinajstić information content (AvgIpc) is 2.52. The maximum absolute atomic E-state index is 12.1. The van der Waals surface area contributed by atoms with E-state index in [4.69, 9.17) is 0 Å². The van der Waals surface area contributed by atoms with E-state index >= 15 is 0 Å². The van der Waals surface area contributed by atoms with Crippen molar-refractivity contribution >= 4 is 5.91 Å². The molecule has 0 unspecified atom stereocenters. The lowest BCUT2D eigenvalue weighted by atomic mass is 10.1. The molecule has 1 aromatic heterocycles. The Balaban J connectivity index is 1.78. The molecule has 1 heterocycles. The molecule has 122 valence electrons. The van der Waals surface area contributed by atoms with Crippen molar-refractivity contribution in [2.75, 3.05) is 6.54 Å². The van der Waals surface area contributed by atoms with Gasteiger partial charge < -0.3 is 9.88 Å². The number of rotatable bonds is 6. The topological polar surface area (TPSA) is 51.1 Å². The second-order valence-electron chi connectivity index (χ2n) is 5.92. The van der Waals surface area contributed by atoms with Gasteiger partial charge in [0.15, 0.2) is 0 Å². The fourth-order valence-corrected chi connectivity index (χ4v) is 2.49. The van der Waals surface area contributed by atoms with Gasteiger partial charge in [0.05, 0.1) is 0 Å². The predicted molar refractivity (Wildman–Crippen MR) is 92.9 cm³/mol. The highest BCUT2D eigenvalue weighted by Gasteiger charge is 2.06. The molecule has 0 atom stereocenters. The molecule has 0 aliphatic rings. The number of nitrogens with zero attached hydrogens (tertiary/aromatic N) is 1. The minimum Gasteiger partial charge on any atom is -0.352 e. The van der Waals surface area contributed by atoms with Gasteiger partial charge in [-0.25, -0.2) is 0 Å². The molecule has 2 rings (SSSR count). The number of nitrogens with one attached hydrogen (secondary N) is 1. The minimum absolute atomic E-state index is 0.0316. The van der Waals surface area contributed by atoms with E-state index in [9.17, 15) is 9.59 Å². The first kappa shape index (κ1) is 17.0. The van der Waals surface area contributed by atoms with Gasteiger partial charge in [-0.1, -0.05) is 12.1 Å². The lowest BCUT2D eigenvalue weighted by Gasteiger charge is -2.10. The van der Waals surface area contributed by atoms with Crippen LogP contribution in [0.1, 0.15) is 40.0 Å². The van der Waals surface area contributed by atoms with Gasteiger partial charge >= 0.3 is 0 Å². The molecule has 0 aliphatic heterocycles. The van der Waals surface area contributed by atoms with Crippen LogP contribution in [0.2, 0.25) is 0 Å². The fourth-order valence-electron chi connectivity index (χ4n) is 2.49. The van der Waals surface area contributed by atoms with Crippen molar-refractivity contribution in [1.82, 2.24) is 9.88 Å². The Kier molecular flexibility index (Phi) is 5.74. The minimum atomic E-state index is -0.0406. The van der Waals surface area contributed by atoms with Crippen molar-refractivity contribution in [2.45, 2.75) is 40.2 Å². The predicted octanol–water partition coefficient (Wildman–Crippen LogP) is 2.98. The lowest BCUT2D eigenvalue weighted by Crippen LogP contribution is -2.25. The number of amides is 1. The molecule has 23 heavy (non-hydrogen) atoms. The molecule has 1 aromatic carbocycles. The van der Waals surface area contributed by atoms with Gasteiger partial charge in [0.1, 0.15) is 0 Å². The van der Waals surface area contributed by atoms with Crippen LogP contribution in [0.15, 0.2) is 41.2 Å². The molecule has 0 spiro atoms. The lowest BCUT2D eigenvalue weighted by molar-refractivity contribution is 0.0952. The number of benzene rings is 1. The number of hydrogen-bond donors (Lipinski definition) is 1. The first-order valence-corrected chi connectivity index (χ1v) is 8.01. The summed E-state index contributed by atoms with van der Waals surface area (Å²) in [4.78, 5) is 23.8. The third kappa shape index (κ3) is 4.55. The van der Waals surface area contributed by atoms with Crippen LogP contribution in [-0.2, 0) is 6.54 Å². The highest BCUT2D eigenvalue weighted by atomic mass is 16.1. The van der Waals surface area contributed by atoms with Gasteiger partial charge in [-0.3, -0.25) is 9.59 Å². The van der Waals surface area contributed by atoms with Gasteiger partial charge in [0.25, 0.3) is 11.5 Å². The number of aromatic nitrogens is 1. The Morgan fingerprint density at radius 3 is 2.52 bits per heavy atom. The Morgan fingerprint density at radius 1 is 1.04 bits per heavy atom. The molecular weight excluding hydrogens is 288 g/mol. The van der Waals surface area contributed by atoms with Gasteiger partial charge in [-0.15, -0.1) is 0 Å². The zero-order valence-electron chi connectivity index (χ0n) is 14.1. The molecule has 2 aromatic rings. The first-order chi connectivity index (χ1) is 11.0. The Hall–Kier alpha value is -2.36. The molecule has 1 amide bonds.